The van der Waals surface area contributed by atoms with Crippen LogP contribution >= 0.6 is 15.9 Å². The summed E-state index contributed by atoms with van der Waals surface area (Å²) in [6.07, 6.45) is -2.77. The van der Waals surface area contributed by atoms with E-state index in [9.17, 15) is 23.7 Å². The Balaban J connectivity index is 3.45. The topological polar surface area (TPSA) is 73.1 Å². The van der Waals surface area contributed by atoms with E-state index in [0.29, 0.717) is 0 Å². The zero-order valence-electron chi connectivity index (χ0n) is 6.99. The van der Waals surface area contributed by atoms with Crippen molar-refractivity contribution in [3.05, 3.63) is 31.9 Å². The maximum Gasteiger partial charge on any atom is 0.373 e. The molecule has 80 valence electrons. The number of alkyl halides is 2. The van der Waals surface area contributed by atoms with Gasteiger partial charge < -0.3 is 10.1 Å². The second-order valence-electron chi connectivity index (χ2n) is 2.46. The molecule has 0 aliphatic heterocycles. The molecule has 0 bridgehead atoms. The highest BCUT2D eigenvalue weighted by Crippen LogP contribution is 2.30. The zero-order valence-corrected chi connectivity index (χ0v) is 8.57. The Morgan fingerprint density at radius 2 is 2.20 bits per heavy atom. The standard InChI is InChI=1S/C7H3BrF2N2O3/c8-5-3(2-13)1-4(6(9)10)7(11-5)12(14)15/h1-2,6H. The van der Waals surface area contributed by atoms with Crippen LogP contribution < -0.4 is 0 Å². The first-order valence-corrected chi connectivity index (χ1v) is 4.34. The molecule has 0 spiro atoms. The van der Waals surface area contributed by atoms with E-state index in [0.717, 1.165) is 6.07 Å². The summed E-state index contributed by atoms with van der Waals surface area (Å²) in [6.45, 7) is 0. The SMILES string of the molecule is O=Cc1cc(C(F)F)c([N+](=O)[O-])nc1Br. The van der Waals surface area contributed by atoms with Crippen LogP contribution in [0.3, 0.4) is 0 Å². The number of hydrogen-bond donors (Lipinski definition) is 0. The van der Waals surface area contributed by atoms with Crippen molar-refractivity contribution >= 4 is 28.0 Å². The van der Waals surface area contributed by atoms with Crippen LogP contribution in [0.4, 0.5) is 14.6 Å². The quantitative estimate of drug-likeness (QED) is 0.369. The van der Waals surface area contributed by atoms with Gasteiger partial charge in [0.05, 0.1) is 5.56 Å². The Hall–Kier alpha value is -1.44. The number of aldehydes is 1. The van der Waals surface area contributed by atoms with Crippen LogP contribution in [0.25, 0.3) is 0 Å². The van der Waals surface area contributed by atoms with Gasteiger partial charge >= 0.3 is 5.82 Å². The molecule has 0 radical (unpaired) electrons. The Morgan fingerprint density at radius 3 is 2.60 bits per heavy atom. The highest BCUT2D eigenvalue weighted by atomic mass is 79.9. The van der Waals surface area contributed by atoms with Crippen LogP contribution in [0, 0.1) is 10.1 Å². The summed E-state index contributed by atoms with van der Waals surface area (Å²) in [5.74, 6) is -0.956. The lowest BCUT2D eigenvalue weighted by molar-refractivity contribution is -0.391. The zero-order chi connectivity index (χ0) is 11.6. The fourth-order valence-corrected chi connectivity index (χ4v) is 1.28. The number of halogens is 3. The summed E-state index contributed by atoms with van der Waals surface area (Å²) in [4.78, 5) is 23.0. The van der Waals surface area contributed by atoms with Crippen LogP contribution in [0.1, 0.15) is 22.3 Å². The van der Waals surface area contributed by atoms with E-state index in [1.165, 1.54) is 0 Å². The largest absolute Gasteiger partial charge is 0.373 e. The van der Waals surface area contributed by atoms with E-state index in [4.69, 9.17) is 0 Å². The molecule has 5 nitrogen and oxygen atoms in total. The average molecular weight is 281 g/mol. The normalized spacial score (nSPS) is 10.4. The predicted molar refractivity (Wildman–Crippen MR) is 48.9 cm³/mol. The van der Waals surface area contributed by atoms with Gasteiger partial charge in [-0.25, -0.2) is 8.78 Å². The molecule has 0 fully saturated rings. The van der Waals surface area contributed by atoms with E-state index in [1.54, 1.807) is 0 Å². The summed E-state index contributed by atoms with van der Waals surface area (Å²) in [5, 5.41) is 10.4. The number of nitro groups is 1. The lowest BCUT2D eigenvalue weighted by Crippen LogP contribution is -2.02. The highest BCUT2D eigenvalue weighted by molar-refractivity contribution is 9.10. The third-order valence-electron chi connectivity index (χ3n) is 1.55. The average Bonchev–Trinajstić information content (AvgIpc) is 2.16. The van der Waals surface area contributed by atoms with Crippen molar-refractivity contribution in [1.29, 1.82) is 0 Å². The Kier molecular flexibility index (Phi) is 3.40. The van der Waals surface area contributed by atoms with Gasteiger partial charge in [0.1, 0.15) is 5.56 Å². The fraction of sp³-hybridized carbons (Fsp3) is 0.143. The minimum atomic E-state index is -3.05. The maximum atomic E-state index is 12.4. The molecule has 1 rings (SSSR count). The van der Waals surface area contributed by atoms with Gasteiger partial charge in [-0.3, -0.25) is 4.79 Å². The third-order valence-corrected chi connectivity index (χ3v) is 2.18. The summed E-state index contributed by atoms with van der Waals surface area (Å²) in [7, 11) is 0. The monoisotopic (exact) mass is 280 g/mol. The molecule has 0 saturated heterocycles. The molecule has 15 heavy (non-hydrogen) atoms. The van der Waals surface area contributed by atoms with Crippen LogP contribution in [0.5, 0.6) is 0 Å². The second-order valence-corrected chi connectivity index (χ2v) is 3.21. The summed E-state index contributed by atoms with van der Waals surface area (Å²) < 4.78 is 24.6. The molecule has 0 N–H and O–H groups in total. The smallest absolute Gasteiger partial charge is 0.358 e. The van der Waals surface area contributed by atoms with Crippen molar-refractivity contribution < 1.29 is 18.5 Å². The molecule has 0 aromatic carbocycles. The Morgan fingerprint density at radius 1 is 1.60 bits per heavy atom. The van der Waals surface area contributed by atoms with Gasteiger partial charge in [0.2, 0.25) is 4.60 Å². The molecule has 8 heteroatoms. The second kappa shape index (κ2) is 4.39. The summed E-state index contributed by atoms with van der Waals surface area (Å²) in [6, 6.07) is 0.743. The van der Waals surface area contributed by atoms with Gasteiger partial charge in [0.15, 0.2) is 6.29 Å². The molecule has 0 amide bonds. The Bertz CT molecular complexity index is 425. The number of nitrogens with zero attached hydrogens (tertiary/aromatic N) is 2. The van der Waals surface area contributed by atoms with Gasteiger partial charge in [-0.1, -0.05) is 0 Å². The molecule has 1 heterocycles. The van der Waals surface area contributed by atoms with Gasteiger partial charge in [-0.05, 0) is 16.0 Å². The van der Waals surface area contributed by atoms with Crippen molar-refractivity contribution in [2.45, 2.75) is 6.43 Å². The molecule has 0 saturated carbocycles. The minimum Gasteiger partial charge on any atom is -0.358 e. The van der Waals surface area contributed by atoms with E-state index in [1.807, 2.05) is 0 Å². The summed E-state index contributed by atoms with van der Waals surface area (Å²) >= 11 is 2.77. The van der Waals surface area contributed by atoms with Crippen molar-refractivity contribution in [2.24, 2.45) is 0 Å². The first-order chi connectivity index (χ1) is 6.97. The predicted octanol–water partition coefficient (Wildman–Crippen LogP) is 2.50. The lowest BCUT2D eigenvalue weighted by Gasteiger charge is -2.02. The first kappa shape index (κ1) is 11.6. The van der Waals surface area contributed by atoms with Crippen LogP contribution in [-0.4, -0.2) is 16.2 Å². The van der Waals surface area contributed by atoms with Crippen molar-refractivity contribution in [3.63, 3.8) is 0 Å². The van der Waals surface area contributed by atoms with Crippen LogP contribution in [-0.2, 0) is 0 Å². The van der Waals surface area contributed by atoms with E-state index >= 15 is 0 Å². The lowest BCUT2D eigenvalue weighted by atomic mass is 10.2. The molecule has 0 atom stereocenters. The van der Waals surface area contributed by atoms with Crippen molar-refractivity contribution in [1.82, 2.24) is 4.98 Å². The molecular formula is C7H3BrF2N2O3. The molecule has 1 aromatic heterocycles. The number of carbonyl (C=O) groups excluding carboxylic acids is 1. The van der Waals surface area contributed by atoms with E-state index < -0.39 is 22.7 Å². The molecular weight excluding hydrogens is 278 g/mol. The fourth-order valence-electron chi connectivity index (χ4n) is 0.903. The molecule has 0 aliphatic carbocycles. The van der Waals surface area contributed by atoms with Gasteiger partial charge in [-0.2, -0.15) is 0 Å². The van der Waals surface area contributed by atoms with E-state index in [-0.39, 0.29) is 16.5 Å². The van der Waals surface area contributed by atoms with Crippen molar-refractivity contribution in [2.75, 3.05) is 0 Å². The number of carbonyl (C=O) groups is 1. The van der Waals surface area contributed by atoms with Crippen LogP contribution in [0.15, 0.2) is 10.7 Å². The minimum absolute atomic E-state index is 0.131. The number of rotatable bonds is 3. The molecule has 0 unspecified atom stereocenters. The van der Waals surface area contributed by atoms with E-state index in [2.05, 4.69) is 20.9 Å². The van der Waals surface area contributed by atoms with Gasteiger partial charge in [0.25, 0.3) is 6.43 Å². The molecule has 0 aliphatic rings. The number of aromatic nitrogens is 1. The van der Waals surface area contributed by atoms with Gasteiger partial charge in [0, 0.05) is 15.9 Å². The summed E-state index contributed by atoms with van der Waals surface area (Å²) in [5.41, 5.74) is -1.03. The first-order valence-electron chi connectivity index (χ1n) is 3.55. The van der Waals surface area contributed by atoms with Gasteiger partial charge in [-0.15, -0.1) is 0 Å². The molecule has 1 aromatic rings. The van der Waals surface area contributed by atoms with Crippen LogP contribution in [0.2, 0.25) is 0 Å². The maximum absolute atomic E-state index is 12.4. The number of pyridine rings is 1. The van der Waals surface area contributed by atoms with Crippen molar-refractivity contribution in [3.8, 4) is 0 Å². The third kappa shape index (κ3) is 2.32. The highest BCUT2D eigenvalue weighted by Gasteiger charge is 2.26. The Labute approximate surface area is 90.4 Å². The number of hydrogen-bond acceptors (Lipinski definition) is 4.